The molecule has 5 rings (SSSR count). The van der Waals surface area contributed by atoms with Gasteiger partial charge in [0.15, 0.2) is 28.8 Å². The largest absolute Gasteiger partial charge is 0.493 e. The van der Waals surface area contributed by atoms with E-state index in [1.807, 2.05) is 0 Å². The van der Waals surface area contributed by atoms with Crippen LogP contribution < -0.4 is 19.3 Å². The molecule has 0 saturated carbocycles. The summed E-state index contributed by atoms with van der Waals surface area (Å²) in [6.07, 6.45) is 2.73. The lowest BCUT2D eigenvalue weighted by Gasteiger charge is -2.45. The van der Waals surface area contributed by atoms with E-state index in [1.165, 1.54) is 19.1 Å². The van der Waals surface area contributed by atoms with Crippen LogP contribution in [0.3, 0.4) is 0 Å². The van der Waals surface area contributed by atoms with Crippen LogP contribution in [0.4, 0.5) is 20.2 Å². The molecule has 0 amide bonds. The van der Waals surface area contributed by atoms with E-state index in [9.17, 15) is 5.11 Å². The van der Waals surface area contributed by atoms with Gasteiger partial charge in [0.1, 0.15) is 5.69 Å². The van der Waals surface area contributed by atoms with E-state index >= 15 is 8.78 Å². The highest BCUT2D eigenvalue weighted by molar-refractivity contribution is 5.92. The standard InChI is InChI=1S/C21H23F2N5O4/c1-30-14-5-15(31-2)17(23)19(16(14)22)28-9-12-6-24-20-13(7-25-26-20)18(12)27(21(28)29)8-11-3-4-32-10-11/h5-7,11,21,29H,3-4,8-10H2,1-2H3,(H,24,25,26)/t11-,21?/m0/s1. The summed E-state index contributed by atoms with van der Waals surface area (Å²) in [6, 6.07) is 1.14. The Morgan fingerprint density at radius 3 is 2.59 bits per heavy atom. The van der Waals surface area contributed by atoms with Gasteiger partial charge in [0, 0.05) is 36.9 Å². The van der Waals surface area contributed by atoms with Gasteiger partial charge in [0.2, 0.25) is 6.35 Å². The number of anilines is 2. The number of rotatable bonds is 5. The molecule has 9 nitrogen and oxygen atoms in total. The summed E-state index contributed by atoms with van der Waals surface area (Å²) >= 11 is 0. The van der Waals surface area contributed by atoms with Crippen molar-refractivity contribution < 1.29 is 28.1 Å². The minimum absolute atomic E-state index is 0.0203. The van der Waals surface area contributed by atoms with Crippen molar-refractivity contribution in [1.29, 1.82) is 0 Å². The van der Waals surface area contributed by atoms with Crippen LogP contribution >= 0.6 is 0 Å². The van der Waals surface area contributed by atoms with E-state index < -0.39 is 23.7 Å². The van der Waals surface area contributed by atoms with Gasteiger partial charge in [-0.3, -0.25) is 5.10 Å². The van der Waals surface area contributed by atoms with Crippen LogP contribution in [0, 0.1) is 17.6 Å². The average Bonchev–Trinajstić information content (AvgIpc) is 3.48. The highest BCUT2D eigenvalue weighted by Gasteiger charge is 2.38. The monoisotopic (exact) mass is 447 g/mol. The summed E-state index contributed by atoms with van der Waals surface area (Å²) in [5.41, 5.74) is 1.57. The molecule has 32 heavy (non-hydrogen) atoms. The molecule has 0 bridgehead atoms. The fraction of sp³-hybridized carbons (Fsp3) is 0.429. The Kier molecular flexibility index (Phi) is 5.22. The number of aromatic amines is 1. The topological polar surface area (TPSA) is 96.0 Å². The maximum Gasteiger partial charge on any atom is 0.208 e. The molecule has 1 unspecified atom stereocenters. The Morgan fingerprint density at radius 2 is 1.94 bits per heavy atom. The van der Waals surface area contributed by atoms with E-state index in [0.29, 0.717) is 31.0 Å². The number of pyridine rings is 1. The summed E-state index contributed by atoms with van der Waals surface area (Å²) in [4.78, 5) is 7.35. The van der Waals surface area contributed by atoms with Gasteiger partial charge < -0.3 is 29.1 Å². The zero-order chi connectivity index (χ0) is 22.4. The third-order valence-electron chi connectivity index (χ3n) is 6.03. The van der Waals surface area contributed by atoms with Crippen molar-refractivity contribution in [3.8, 4) is 11.5 Å². The van der Waals surface area contributed by atoms with Crippen molar-refractivity contribution in [1.82, 2.24) is 15.2 Å². The number of methoxy groups -OCH3 is 2. The number of aliphatic hydroxyl groups excluding tert-OH is 1. The Balaban J connectivity index is 1.66. The Morgan fingerprint density at radius 1 is 1.19 bits per heavy atom. The van der Waals surface area contributed by atoms with Crippen LogP contribution in [0.15, 0.2) is 18.5 Å². The first-order valence-corrected chi connectivity index (χ1v) is 10.2. The molecule has 2 aliphatic rings. The number of ether oxygens (including phenoxy) is 3. The molecule has 1 aromatic carbocycles. The smallest absolute Gasteiger partial charge is 0.208 e. The second-order valence-electron chi connectivity index (χ2n) is 7.88. The van der Waals surface area contributed by atoms with Crippen molar-refractivity contribution in [3.63, 3.8) is 0 Å². The van der Waals surface area contributed by atoms with Crippen molar-refractivity contribution >= 4 is 22.4 Å². The highest BCUT2D eigenvalue weighted by Crippen LogP contribution is 2.43. The first-order valence-electron chi connectivity index (χ1n) is 10.2. The molecule has 1 saturated heterocycles. The molecule has 1 fully saturated rings. The van der Waals surface area contributed by atoms with Gasteiger partial charge in [-0.1, -0.05) is 0 Å². The maximum absolute atomic E-state index is 15.3. The Labute approximate surface area is 182 Å². The quantitative estimate of drug-likeness (QED) is 0.616. The average molecular weight is 447 g/mol. The minimum Gasteiger partial charge on any atom is -0.493 e. The van der Waals surface area contributed by atoms with Gasteiger partial charge in [-0.15, -0.1) is 0 Å². The number of hydrogen-bond acceptors (Lipinski definition) is 8. The van der Waals surface area contributed by atoms with Crippen LogP contribution in [0.2, 0.25) is 0 Å². The molecule has 2 aliphatic heterocycles. The molecule has 2 N–H and O–H groups in total. The summed E-state index contributed by atoms with van der Waals surface area (Å²) in [5.74, 6) is -2.06. The second kappa shape index (κ2) is 8.06. The summed E-state index contributed by atoms with van der Waals surface area (Å²) in [6.45, 7) is 1.64. The van der Waals surface area contributed by atoms with Gasteiger partial charge >= 0.3 is 0 Å². The number of benzene rings is 1. The Bertz CT molecular complexity index is 1120. The number of hydrogen-bond donors (Lipinski definition) is 2. The predicted molar refractivity (Wildman–Crippen MR) is 112 cm³/mol. The van der Waals surface area contributed by atoms with Gasteiger partial charge in [-0.2, -0.15) is 5.10 Å². The van der Waals surface area contributed by atoms with Gasteiger partial charge in [0.05, 0.1) is 44.6 Å². The number of H-pyrrole nitrogens is 1. The molecule has 2 atom stereocenters. The highest BCUT2D eigenvalue weighted by atomic mass is 19.1. The zero-order valence-electron chi connectivity index (χ0n) is 17.6. The number of aliphatic hydroxyl groups is 1. The maximum atomic E-state index is 15.3. The fourth-order valence-electron chi connectivity index (χ4n) is 4.44. The van der Waals surface area contributed by atoms with E-state index in [2.05, 4.69) is 15.2 Å². The van der Waals surface area contributed by atoms with Gasteiger partial charge in [-0.05, 0) is 6.42 Å². The lowest BCUT2D eigenvalue weighted by molar-refractivity contribution is 0.144. The van der Waals surface area contributed by atoms with Crippen LogP contribution in [-0.4, -0.2) is 60.6 Å². The van der Waals surface area contributed by atoms with Gasteiger partial charge in [0.25, 0.3) is 0 Å². The fourth-order valence-corrected chi connectivity index (χ4v) is 4.44. The zero-order valence-corrected chi connectivity index (χ0v) is 17.6. The van der Waals surface area contributed by atoms with Crippen molar-refractivity contribution in [2.24, 2.45) is 5.92 Å². The SMILES string of the molecule is COc1cc(OC)c(F)c(N2Cc3cnc4[nH]ncc4c3N(C[C@@H]3CCOC3)C2O)c1F. The number of halogens is 2. The number of nitrogens with one attached hydrogen (secondary N) is 1. The summed E-state index contributed by atoms with van der Waals surface area (Å²) < 4.78 is 46.2. The van der Waals surface area contributed by atoms with E-state index in [-0.39, 0.29) is 24.0 Å². The first-order chi connectivity index (χ1) is 15.5. The first kappa shape index (κ1) is 20.7. The molecule has 170 valence electrons. The lowest BCUT2D eigenvalue weighted by atomic mass is 10.0. The Hall–Kier alpha value is -3.18. The lowest BCUT2D eigenvalue weighted by Crippen LogP contribution is -2.54. The molecule has 0 spiro atoms. The van der Waals surface area contributed by atoms with Crippen molar-refractivity contribution in [2.45, 2.75) is 19.3 Å². The molecular formula is C21H23F2N5O4. The van der Waals surface area contributed by atoms with Gasteiger partial charge in [-0.25, -0.2) is 13.8 Å². The number of fused-ring (bicyclic) bond motifs is 3. The van der Waals surface area contributed by atoms with E-state index in [4.69, 9.17) is 14.2 Å². The summed E-state index contributed by atoms with van der Waals surface area (Å²) in [7, 11) is 2.57. The van der Waals surface area contributed by atoms with Crippen LogP contribution in [0.25, 0.3) is 11.0 Å². The molecular weight excluding hydrogens is 424 g/mol. The number of nitrogens with zero attached hydrogens (tertiary/aromatic N) is 4. The normalized spacial score (nSPS) is 20.7. The van der Waals surface area contributed by atoms with Crippen LogP contribution in [0.1, 0.15) is 12.0 Å². The van der Waals surface area contributed by atoms with Crippen molar-refractivity contribution in [3.05, 3.63) is 35.7 Å². The van der Waals surface area contributed by atoms with E-state index in [1.54, 1.807) is 17.3 Å². The molecule has 2 aromatic heterocycles. The van der Waals surface area contributed by atoms with E-state index in [0.717, 1.165) is 23.6 Å². The number of aromatic nitrogens is 3. The summed E-state index contributed by atoms with van der Waals surface area (Å²) in [5, 5.41) is 19.0. The van der Waals surface area contributed by atoms with Crippen LogP contribution in [0.5, 0.6) is 11.5 Å². The third kappa shape index (κ3) is 3.19. The molecule has 3 aromatic rings. The molecule has 4 heterocycles. The predicted octanol–water partition coefficient (Wildman–Crippen LogP) is 2.39. The molecule has 0 aliphatic carbocycles. The molecule has 11 heteroatoms. The minimum atomic E-state index is -1.36. The van der Waals surface area contributed by atoms with Crippen LogP contribution in [-0.2, 0) is 11.3 Å². The third-order valence-corrected chi connectivity index (χ3v) is 6.03. The second-order valence-corrected chi connectivity index (χ2v) is 7.88. The van der Waals surface area contributed by atoms with Crippen molar-refractivity contribution in [2.75, 3.05) is 43.8 Å². The molecule has 0 radical (unpaired) electrons.